The SMILES string of the molecule is Cc1ccc(S(=O)(=O)[C@H](CNC(=O)C2CC2)c2ccco2)cc1. The van der Waals surface area contributed by atoms with Crippen LogP contribution in [0.5, 0.6) is 0 Å². The minimum absolute atomic E-state index is 0.0130. The van der Waals surface area contributed by atoms with Gasteiger partial charge in [0.2, 0.25) is 5.91 Å². The molecule has 1 aliphatic rings. The number of amides is 1. The van der Waals surface area contributed by atoms with Crippen molar-refractivity contribution >= 4 is 15.7 Å². The molecule has 0 bridgehead atoms. The van der Waals surface area contributed by atoms with E-state index in [9.17, 15) is 13.2 Å². The second-order valence-electron chi connectivity index (χ2n) is 5.88. The van der Waals surface area contributed by atoms with Crippen molar-refractivity contribution in [2.24, 2.45) is 5.92 Å². The summed E-state index contributed by atoms with van der Waals surface area (Å²) in [7, 11) is -3.65. The standard InChI is InChI=1S/C17H19NO4S/c1-12-4-8-14(9-5-12)23(20,21)16(15-3-2-10-22-15)11-18-17(19)13-6-7-13/h2-5,8-10,13,16H,6-7,11H2,1H3,(H,18,19)/t16-/m1/s1. The molecular formula is C17H19NO4S. The monoisotopic (exact) mass is 333 g/mol. The maximum atomic E-state index is 12.9. The molecule has 1 saturated carbocycles. The van der Waals surface area contributed by atoms with Gasteiger partial charge < -0.3 is 9.73 Å². The quantitative estimate of drug-likeness (QED) is 0.881. The molecule has 1 atom stereocenters. The van der Waals surface area contributed by atoms with Gasteiger partial charge in [0.1, 0.15) is 11.0 Å². The second-order valence-corrected chi connectivity index (χ2v) is 8.01. The summed E-state index contributed by atoms with van der Waals surface area (Å²) >= 11 is 0. The van der Waals surface area contributed by atoms with Crippen LogP contribution in [-0.4, -0.2) is 20.9 Å². The second kappa shape index (κ2) is 6.20. The Bertz CT molecular complexity index is 775. The normalized spacial score (nSPS) is 16.0. The molecule has 122 valence electrons. The molecule has 0 spiro atoms. The third-order valence-corrected chi connectivity index (χ3v) is 6.07. The number of rotatable bonds is 6. The molecular weight excluding hydrogens is 314 g/mol. The lowest BCUT2D eigenvalue weighted by atomic mass is 10.2. The molecule has 0 saturated heterocycles. The molecule has 0 unspecified atom stereocenters. The van der Waals surface area contributed by atoms with Crippen LogP contribution >= 0.6 is 0 Å². The molecule has 0 aliphatic heterocycles. The number of hydrogen-bond acceptors (Lipinski definition) is 4. The first-order valence-electron chi connectivity index (χ1n) is 7.60. The van der Waals surface area contributed by atoms with E-state index < -0.39 is 15.1 Å². The molecule has 1 amide bonds. The van der Waals surface area contributed by atoms with Crippen molar-refractivity contribution in [1.29, 1.82) is 0 Å². The number of sulfone groups is 1. The van der Waals surface area contributed by atoms with Crippen LogP contribution in [0.4, 0.5) is 0 Å². The average molecular weight is 333 g/mol. The first-order valence-corrected chi connectivity index (χ1v) is 9.15. The molecule has 1 heterocycles. The van der Waals surface area contributed by atoms with Gasteiger partial charge in [-0.2, -0.15) is 0 Å². The number of aryl methyl sites for hydroxylation is 1. The first-order chi connectivity index (χ1) is 11.0. The van der Waals surface area contributed by atoms with Crippen LogP contribution in [0.3, 0.4) is 0 Å². The van der Waals surface area contributed by atoms with Gasteiger partial charge in [0.05, 0.1) is 11.2 Å². The fourth-order valence-electron chi connectivity index (χ4n) is 2.41. The van der Waals surface area contributed by atoms with Crippen molar-refractivity contribution in [2.75, 3.05) is 6.54 Å². The third kappa shape index (κ3) is 3.47. The van der Waals surface area contributed by atoms with Crippen LogP contribution in [-0.2, 0) is 14.6 Å². The largest absolute Gasteiger partial charge is 0.468 e. The third-order valence-electron chi connectivity index (χ3n) is 3.99. The number of furan rings is 1. The predicted molar refractivity (Wildman–Crippen MR) is 85.5 cm³/mol. The summed E-state index contributed by atoms with van der Waals surface area (Å²) in [5.41, 5.74) is 0.987. The molecule has 1 N–H and O–H groups in total. The molecule has 1 fully saturated rings. The Morgan fingerprint density at radius 2 is 1.96 bits per heavy atom. The van der Waals surface area contributed by atoms with Gasteiger partial charge in [-0.15, -0.1) is 0 Å². The number of carbonyl (C=O) groups is 1. The Balaban J connectivity index is 1.87. The summed E-state index contributed by atoms with van der Waals surface area (Å²) in [6.07, 6.45) is 3.19. The highest BCUT2D eigenvalue weighted by Crippen LogP contribution is 2.31. The lowest BCUT2D eigenvalue weighted by molar-refractivity contribution is -0.122. The minimum Gasteiger partial charge on any atom is -0.468 e. The fraction of sp³-hybridized carbons (Fsp3) is 0.353. The fourth-order valence-corrected chi connectivity index (χ4v) is 4.00. The van der Waals surface area contributed by atoms with Crippen molar-refractivity contribution in [2.45, 2.75) is 29.9 Å². The van der Waals surface area contributed by atoms with E-state index in [2.05, 4.69) is 5.32 Å². The van der Waals surface area contributed by atoms with E-state index >= 15 is 0 Å². The van der Waals surface area contributed by atoms with Gasteiger partial charge in [-0.1, -0.05) is 17.7 Å². The zero-order chi connectivity index (χ0) is 16.4. The molecule has 5 nitrogen and oxygen atoms in total. The van der Waals surface area contributed by atoms with Crippen LogP contribution in [0, 0.1) is 12.8 Å². The van der Waals surface area contributed by atoms with Crippen molar-refractivity contribution in [3.05, 3.63) is 54.0 Å². The summed E-state index contributed by atoms with van der Waals surface area (Å²) in [5, 5.41) is 1.81. The predicted octanol–water partition coefficient (Wildman–Crippen LogP) is 2.63. The zero-order valence-corrected chi connectivity index (χ0v) is 13.7. The molecule has 1 aromatic carbocycles. The number of carbonyl (C=O) groups excluding carboxylic acids is 1. The Kier molecular flexibility index (Phi) is 4.26. The summed E-state index contributed by atoms with van der Waals surface area (Å²) in [5.74, 6) is 0.289. The van der Waals surface area contributed by atoms with Gasteiger partial charge in [0.15, 0.2) is 9.84 Å². The van der Waals surface area contributed by atoms with Gasteiger partial charge >= 0.3 is 0 Å². The molecule has 23 heavy (non-hydrogen) atoms. The van der Waals surface area contributed by atoms with Crippen LogP contribution in [0.15, 0.2) is 52.0 Å². The maximum absolute atomic E-state index is 12.9. The van der Waals surface area contributed by atoms with E-state index in [1.54, 1.807) is 36.4 Å². The Morgan fingerprint density at radius 1 is 1.26 bits per heavy atom. The smallest absolute Gasteiger partial charge is 0.223 e. The summed E-state index contributed by atoms with van der Waals surface area (Å²) in [4.78, 5) is 12.1. The molecule has 0 radical (unpaired) electrons. The van der Waals surface area contributed by atoms with Gasteiger partial charge in [-0.25, -0.2) is 8.42 Å². The lowest BCUT2D eigenvalue weighted by Gasteiger charge is -2.16. The summed E-state index contributed by atoms with van der Waals surface area (Å²) in [6, 6.07) is 9.96. The van der Waals surface area contributed by atoms with Crippen molar-refractivity contribution in [3.8, 4) is 0 Å². The molecule has 6 heteroatoms. The first kappa shape index (κ1) is 15.8. The zero-order valence-electron chi connectivity index (χ0n) is 12.9. The summed E-state index contributed by atoms with van der Waals surface area (Å²) in [6.45, 7) is 1.91. The molecule has 1 aliphatic carbocycles. The van der Waals surface area contributed by atoms with Gasteiger partial charge in [0.25, 0.3) is 0 Å². The summed E-state index contributed by atoms with van der Waals surface area (Å²) < 4.78 is 31.2. The van der Waals surface area contributed by atoms with E-state index in [1.807, 2.05) is 6.92 Å². The van der Waals surface area contributed by atoms with Gasteiger partial charge in [-0.05, 0) is 44.0 Å². The topological polar surface area (TPSA) is 76.4 Å². The number of hydrogen-bond donors (Lipinski definition) is 1. The van der Waals surface area contributed by atoms with E-state index in [1.165, 1.54) is 6.26 Å². The molecule has 2 aromatic rings. The van der Waals surface area contributed by atoms with Crippen molar-refractivity contribution < 1.29 is 17.6 Å². The highest BCUT2D eigenvalue weighted by Gasteiger charge is 2.34. The van der Waals surface area contributed by atoms with Crippen LogP contribution in [0.2, 0.25) is 0 Å². The van der Waals surface area contributed by atoms with Crippen molar-refractivity contribution in [3.63, 3.8) is 0 Å². The lowest BCUT2D eigenvalue weighted by Crippen LogP contribution is -2.32. The average Bonchev–Trinajstić information content (AvgIpc) is 3.24. The Morgan fingerprint density at radius 3 is 2.52 bits per heavy atom. The van der Waals surface area contributed by atoms with E-state index in [4.69, 9.17) is 4.42 Å². The Hall–Kier alpha value is -2.08. The van der Waals surface area contributed by atoms with Crippen molar-refractivity contribution in [1.82, 2.24) is 5.32 Å². The molecule has 1 aromatic heterocycles. The van der Waals surface area contributed by atoms with Gasteiger partial charge in [-0.3, -0.25) is 4.79 Å². The number of nitrogens with one attached hydrogen (secondary N) is 1. The van der Waals surface area contributed by atoms with Crippen LogP contribution < -0.4 is 5.32 Å². The highest BCUT2D eigenvalue weighted by molar-refractivity contribution is 7.91. The van der Waals surface area contributed by atoms with E-state index in [0.717, 1.165) is 18.4 Å². The van der Waals surface area contributed by atoms with E-state index in [0.29, 0.717) is 5.76 Å². The van der Waals surface area contributed by atoms with E-state index in [-0.39, 0.29) is 23.3 Å². The van der Waals surface area contributed by atoms with Crippen LogP contribution in [0.1, 0.15) is 29.4 Å². The molecule has 3 rings (SSSR count). The van der Waals surface area contributed by atoms with Gasteiger partial charge in [0, 0.05) is 12.5 Å². The van der Waals surface area contributed by atoms with Crippen LogP contribution in [0.25, 0.3) is 0 Å². The Labute approximate surface area is 135 Å². The highest BCUT2D eigenvalue weighted by atomic mass is 32.2. The maximum Gasteiger partial charge on any atom is 0.223 e. The minimum atomic E-state index is -3.65. The number of benzene rings is 1.